The van der Waals surface area contributed by atoms with E-state index in [1.165, 1.54) is 16.6 Å². The van der Waals surface area contributed by atoms with Crippen LogP contribution in [0.3, 0.4) is 0 Å². The fourth-order valence-corrected chi connectivity index (χ4v) is 6.38. The van der Waals surface area contributed by atoms with Gasteiger partial charge in [0.05, 0.1) is 25.8 Å². The number of rotatable bonds is 7. The van der Waals surface area contributed by atoms with Gasteiger partial charge in [-0.2, -0.15) is 4.31 Å². The second-order valence-corrected chi connectivity index (χ2v) is 11.4. The number of likely N-dealkylation sites (N-methyl/N-ethyl adjacent to an activating group) is 1. The largest absolute Gasteiger partial charge is 0.496 e. The average Bonchev–Trinajstić information content (AvgIpc) is 2.94. The van der Waals surface area contributed by atoms with E-state index < -0.39 is 22.2 Å². The zero-order chi connectivity index (χ0) is 27.4. The Morgan fingerprint density at radius 2 is 2.00 bits per heavy atom. The Labute approximate surface area is 223 Å². The fraction of sp³-hybridized carbons (Fsp3) is 0.357. The summed E-state index contributed by atoms with van der Waals surface area (Å²) in [5, 5.41) is 9.87. The molecule has 10 heteroatoms. The summed E-state index contributed by atoms with van der Waals surface area (Å²) in [6.45, 7) is 3.56. The van der Waals surface area contributed by atoms with Crippen molar-refractivity contribution in [2.75, 3.05) is 33.9 Å². The molecule has 0 radical (unpaired) electrons. The molecule has 1 aliphatic rings. The molecule has 2 aromatic carbocycles. The number of hydrogen-bond donors (Lipinski definition) is 1. The standard InChI is InChI=1S/C28H33N3O6S/c1-19-16-31(20(2)18-32)38(34,35)27-12-11-21(23-9-5-6-10-24(23)36-4)14-25(27)37-26(19)17-30(3)28(33)22-8-7-13-29-15-22/h5-15,19-20,26,32H,16-18H2,1-4H3/t19-,20-,26+/m1/s1. The van der Waals surface area contributed by atoms with Gasteiger partial charge in [-0.3, -0.25) is 9.78 Å². The zero-order valence-electron chi connectivity index (χ0n) is 21.9. The molecule has 1 aromatic heterocycles. The normalized spacial score (nSPS) is 19.8. The molecule has 2 heterocycles. The van der Waals surface area contributed by atoms with E-state index in [0.717, 1.165) is 11.1 Å². The molecule has 0 aliphatic carbocycles. The third-order valence-electron chi connectivity index (χ3n) is 6.79. The van der Waals surface area contributed by atoms with E-state index in [0.29, 0.717) is 11.3 Å². The maximum absolute atomic E-state index is 13.8. The van der Waals surface area contributed by atoms with Crippen molar-refractivity contribution in [1.82, 2.24) is 14.2 Å². The molecule has 1 aliphatic heterocycles. The number of benzene rings is 2. The van der Waals surface area contributed by atoms with E-state index >= 15 is 0 Å². The molecule has 0 unspecified atom stereocenters. The summed E-state index contributed by atoms with van der Waals surface area (Å²) >= 11 is 0. The minimum Gasteiger partial charge on any atom is -0.496 e. The van der Waals surface area contributed by atoms with Gasteiger partial charge in [0.25, 0.3) is 5.91 Å². The average molecular weight is 540 g/mol. The van der Waals surface area contributed by atoms with Gasteiger partial charge in [0.15, 0.2) is 0 Å². The highest BCUT2D eigenvalue weighted by Crippen LogP contribution is 2.38. The lowest BCUT2D eigenvalue weighted by atomic mass is 10.0. The van der Waals surface area contributed by atoms with Crippen LogP contribution in [0.25, 0.3) is 11.1 Å². The smallest absolute Gasteiger partial charge is 0.255 e. The van der Waals surface area contributed by atoms with Crippen LogP contribution in [0.2, 0.25) is 0 Å². The lowest BCUT2D eigenvalue weighted by Crippen LogP contribution is -2.50. The summed E-state index contributed by atoms with van der Waals surface area (Å²) in [5.41, 5.74) is 1.96. The van der Waals surface area contributed by atoms with Crippen LogP contribution >= 0.6 is 0 Å². The fourth-order valence-electron chi connectivity index (χ4n) is 4.56. The van der Waals surface area contributed by atoms with Crippen LogP contribution in [0.4, 0.5) is 0 Å². The third kappa shape index (κ3) is 5.52. The maximum atomic E-state index is 13.8. The predicted octanol–water partition coefficient (Wildman–Crippen LogP) is 3.30. The Hall–Kier alpha value is -3.47. The molecule has 1 N–H and O–H groups in total. The molecule has 0 bridgehead atoms. The van der Waals surface area contributed by atoms with Crippen molar-refractivity contribution in [2.24, 2.45) is 5.92 Å². The van der Waals surface area contributed by atoms with E-state index in [9.17, 15) is 18.3 Å². The van der Waals surface area contributed by atoms with Crippen molar-refractivity contribution in [1.29, 1.82) is 0 Å². The number of methoxy groups -OCH3 is 1. The molecule has 4 rings (SSSR count). The number of sulfonamides is 1. The van der Waals surface area contributed by atoms with Crippen LogP contribution in [-0.4, -0.2) is 79.6 Å². The maximum Gasteiger partial charge on any atom is 0.255 e. The summed E-state index contributed by atoms with van der Waals surface area (Å²) in [6, 6.07) is 15.2. The quantitative estimate of drug-likeness (QED) is 0.491. The van der Waals surface area contributed by atoms with Crippen LogP contribution in [0.5, 0.6) is 11.5 Å². The van der Waals surface area contributed by atoms with Gasteiger partial charge in [-0.25, -0.2) is 8.42 Å². The van der Waals surface area contributed by atoms with Gasteiger partial charge in [-0.05, 0) is 42.8 Å². The number of nitrogens with zero attached hydrogens (tertiary/aromatic N) is 3. The van der Waals surface area contributed by atoms with Crippen LogP contribution in [0.15, 0.2) is 71.9 Å². The first-order valence-corrected chi connectivity index (χ1v) is 13.8. The summed E-state index contributed by atoms with van der Waals surface area (Å²) in [6.07, 6.45) is 2.58. The van der Waals surface area contributed by atoms with Crippen molar-refractivity contribution in [2.45, 2.75) is 30.9 Å². The molecule has 0 spiro atoms. The van der Waals surface area contributed by atoms with E-state index in [-0.39, 0.29) is 42.2 Å². The number of hydrogen-bond acceptors (Lipinski definition) is 7. The molecule has 1 amide bonds. The van der Waals surface area contributed by atoms with Crippen molar-refractivity contribution in [3.8, 4) is 22.6 Å². The zero-order valence-corrected chi connectivity index (χ0v) is 22.8. The van der Waals surface area contributed by atoms with Gasteiger partial charge in [-0.1, -0.05) is 31.2 Å². The molecule has 38 heavy (non-hydrogen) atoms. The lowest BCUT2D eigenvalue weighted by Gasteiger charge is -2.37. The van der Waals surface area contributed by atoms with Crippen molar-refractivity contribution in [3.63, 3.8) is 0 Å². The molecule has 0 saturated carbocycles. The Morgan fingerprint density at radius 3 is 2.68 bits per heavy atom. The number of para-hydroxylation sites is 1. The second kappa shape index (κ2) is 11.5. The van der Waals surface area contributed by atoms with Crippen LogP contribution < -0.4 is 9.47 Å². The van der Waals surface area contributed by atoms with Crippen molar-refractivity contribution >= 4 is 15.9 Å². The number of aliphatic hydroxyl groups excluding tert-OH is 1. The number of ether oxygens (including phenoxy) is 2. The Morgan fingerprint density at radius 1 is 1.24 bits per heavy atom. The Kier molecular flexibility index (Phi) is 8.35. The number of aromatic nitrogens is 1. The van der Waals surface area contributed by atoms with Gasteiger partial charge in [0, 0.05) is 43.5 Å². The molecular weight excluding hydrogens is 506 g/mol. The van der Waals surface area contributed by atoms with E-state index in [4.69, 9.17) is 9.47 Å². The van der Waals surface area contributed by atoms with Crippen molar-refractivity contribution < 1.29 is 27.8 Å². The van der Waals surface area contributed by atoms with Gasteiger partial charge in [0.2, 0.25) is 10.0 Å². The summed E-state index contributed by atoms with van der Waals surface area (Å²) in [7, 11) is -0.725. The molecular formula is C28H33N3O6S. The van der Waals surface area contributed by atoms with Gasteiger partial charge in [-0.15, -0.1) is 0 Å². The summed E-state index contributed by atoms with van der Waals surface area (Å²) < 4.78 is 40.8. The second-order valence-electron chi connectivity index (χ2n) is 9.53. The molecule has 9 nitrogen and oxygen atoms in total. The molecule has 202 valence electrons. The first kappa shape index (κ1) is 27.6. The molecule has 3 aromatic rings. The van der Waals surface area contributed by atoms with Crippen LogP contribution in [0, 0.1) is 5.92 Å². The Bertz CT molecular complexity index is 1380. The van der Waals surface area contributed by atoms with E-state index in [2.05, 4.69) is 4.98 Å². The highest BCUT2D eigenvalue weighted by atomic mass is 32.2. The monoisotopic (exact) mass is 539 g/mol. The van der Waals surface area contributed by atoms with Gasteiger partial charge < -0.3 is 19.5 Å². The third-order valence-corrected chi connectivity index (χ3v) is 8.81. The topological polar surface area (TPSA) is 109 Å². The minimum atomic E-state index is -3.98. The first-order chi connectivity index (χ1) is 18.2. The highest BCUT2D eigenvalue weighted by molar-refractivity contribution is 7.89. The lowest BCUT2D eigenvalue weighted by molar-refractivity contribution is 0.0563. The van der Waals surface area contributed by atoms with E-state index in [1.807, 2.05) is 31.2 Å². The van der Waals surface area contributed by atoms with Crippen LogP contribution in [0.1, 0.15) is 24.2 Å². The number of carbonyl (C=O) groups is 1. The number of pyridine rings is 1. The number of amides is 1. The first-order valence-electron chi connectivity index (χ1n) is 12.4. The van der Waals surface area contributed by atoms with Gasteiger partial charge in [0.1, 0.15) is 22.5 Å². The van der Waals surface area contributed by atoms with Crippen molar-refractivity contribution in [3.05, 3.63) is 72.6 Å². The molecule has 3 atom stereocenters. The number of fused-ring (bicyclic) bond motifs is 1. The molecule has 0 saturated heterocycles. The van der Waals surface area contributed by atoms with Gasteiger partial charge >= 0.3 is 0 Å². The SMILES string of the molecule is COc1ccccc1-c1ccc2c(c1)O[C@@H](CN(C)C(=O)c1cccnc1)[C@H](C)CN([C@H](C)CO)S2(=O)=O. The molecule has 0 fully saturated rings. The van der Waals surface area contributed by atoms with Crippen LogP contribution in [-0.2, 0) is 10.0 Å². The summed E-state index contributed by atoms with van der Waals surface area (Å²) in [4.78, 5) is 18.6. The highest BCUT2D eigenvalue weighted by Gasteiger charge is 2.38. The minimum absolute atomic E-state index is 0.00888. The number of aliphatic hydroxyl groups is 1. The Balaban J connectivity index is 1.77. The van der Waals surface area contributed by atoms with E-state index in [1.54, 1.807) is 56.4 Å². The predicted molar refractivity (Wildman–Crippen MR) is 144 cm³/mol. The summed E-state index contributed by atoms with van der Waals surface area (Å²) in [5.74, 6) is 0.309. The number of carbonyl (C=O) groups excluding carboxylic acids is 1.